The van der Waals surface area contributed by atoms with Gasteiger partial charge in [0.25, 0.3) is 5.91 Å². The van der Waals surface area contributed by atoms with Crippen LogP contribution in [0.1, 0.15) is 45.0 Å². The van der Waals surface area contributed by atoms with Gasteiger partial charge in [-0.2, -0.15) is 0 Å². The van der Waals surface area contributed by atoms with Crippen molar-refractivity contribution in [1.82, 2.24) is 9.47 Å². The smallest absolute Gasteiger partial charge is 0.335 e. The van der Waals surface area contributed by atoms with Crippen LogP contribution >= 0.6 is 0 Å². The van der Waals surface area contributed by atoms with E-state index in [0.29, 0.717) is 12.1 Å². The number of piperidine rings is 1. The van der Waals surface area contributed by atoms with E-state index in [0.717, 1.165) is 41.4 Å². The molecule has 0 bridgehead atoms. The van der Waals surface area contributed by atoms with E-state index in [2.05, 4.69) is 0 Å². The van der Waals surface area contributed by atoms with E-state index in [1.807, 2.05) is 59.1 Å². The van der Waals surface area contributed by atoms with Gasteiger partial charge in [0.15, 0.2) is 0 Å². The van der Waals surface area contributed by atoms with Crippen LogP contribution in [0.4, 0.5) is 0 Å². The van der Waals surface area contributed by atoms with Gasteiger partial charge in [0.1, 0.15) is 0 Å². The van der Waals surface area contributed by atoms with Crippen LogP contribution < -0.4 is 0 Å². The molecule has 1 aliphatic heterocycles. The number of hydrogen-bond donors (Lipinski definition) is 1. The van der Waals surface area contributed by atoms with Gasteiger partial charge in [-0.1, -0.05) is 30.3 Å². The van der Waals surface area contributed by atoms with Gasteiger partial charge < -0.3 is 14.6 Å². The molecule has 1 atom stereocenters. The van der Waals surface area contributed by atoms with Gasteiger partial charge >= 0.3 is 5.97 Å². The van der Waals surface area contributed by atoms with Crippen molar-refractivity contribution in [2.24, 2.45) is 7.05 Å². The quantitative estimate of drug-likeness (QED) is 0.769. The number of fused-ring (bicyclic) bond motifs is 1. The number of carbonyl (C=O) groups is 2. The molecule has 0 radical (unpaired) electrons. The molecule has 2 heterocycles. The summed E-state index contributed by atoms with van der Waals surface area (Å²) < 4.78 is 1.99. The van der Waals surface area contributed by atoms with Crippen LogP contribution in [0.3, 0.4) is 0 Å². The van der Waals surface area contributed by atoms with E-state index in [4.69, 9.17) is 5.11 Å². The lowest BCUT2D eigenvalue weighted by Crippen LogP contribution is -2.39. The summed E-state index contributed by atoms with van der Waals surface area (Å²) in [5.74, 6) is -0.614. The third kappa shape index (κ3) is 3.21. The van der Waals surface area contributed by atoms with E-state index in [1.165, 1.54) is 0 Å². The molecular weight excluding hydrogens is 340 g/mol. The highest BCUT2D eigenvalue weighted by atomic mass is 16.4. The summed E-state index contributed by atoms with van der Waals surface area (Å²) >= 11 is 0. The second-order valence-electron chi connectivity index (χ2n) is 7.19. The second kappa shape index (κ2) is 6.91. The molecule has 2 aromatic carbocycles. The molecule has 1 aliphatic rings. The second-order valence-corrected chi connectivity index (χ2v) is 7.19. The number of carboxylic acids is 1. The van der Waals surface area contributed by atoms with Crippen LogP contribution in [0.5, 0.6) is 0 Å². The minimum Gasteiger partial charge on any atom is -0.478 e. The number of rotatable bonds is 3. The number of nitrogens with zero attached hydrogens (tertiary/aromatic N) is 2. The highest BCUT2D eigenvalue weighted by Crippen LogP contribution is 2.29. The number of benzene rings is 2. The Labute approximate surface area is 157 Å². The van der Waals surface area contributed by atoms with Crippen LogP contribution in [0, 0.1) is 0 Å². The lowest BCUT2D eigenvalue weighted by atomic mass is 9.90. The zero-order valence-corrected chi connectivity index (χ0v) is 15.3. The van der Waals surface area contributed by atoms with E-state index in [-0.39, 0.29) is 11.8 Å². The van der Waals surface area contributed by atoms with Crippen LogP contribution in [0.15, 0.2) is 54.7 Å². The van der Waals surface area contributed by atoms with E-state index in [9.17, 15) is 9.59 Å². The first-order valence-corrected chi connectivity index (χ1v) is 9.21. The van der Waals surface area contributed by atoms with Crippen molar-refractivity contribution in [3.8, 4) is 0 Å². The molecule has 0 saturated carbocycles. The fourth-order valence-electron chi connectivity index (χ4n) is 4.01. The number of amides is 1. The number of likely N-dealkylation sites (tertiary alicyclic amines) is 1. The third-order valence-corrected chi connectivity index (χ3v) is 5.47. The summed E-state index contributed by atoms with van der Waals surface area (Å²) in [6.45, 7) is 1.42. The van der Waals surface area contributed by atoms with Gasteiger partial charge in [-0.15, -0.1) is 0 Å². The van der Waals surface area contributed by atoms with Gasteiger partial charge in [-0.3, -0.25) is 4.79 Å². The Hall–Kier alpha value is -3.08. The number of carbonyl (C=O) groups excluding carboxylic acids is 1. The van der Waals surface area contributed by atoms with Gasteiger partial charge in [0.2, 0.25) is 0 Å². The van der Waals surface area contributed by atoms with Gasteiger partial charge in [0, 0.05) is 43.2 Å². The molecule has 1 amide bonds. The van der Waals surface area contributed by atoms with Gasteiger partial charge in [0.05, 0.1) is 11.1 Å². The zero-order chi connectivity index (χ0) is 19.0. The lowest BCUT2D eigenvalue weighted by Gasteiger charge is -2.33. The molecule has 5 nitrogen and oxygen atoms in total. The molecule has 1 N–H and O–H groups in total. The molecule has 1 saturated heterocycles. The number of hydrogen-bond acceptors (Lipinski definition) is 2. The summed E-state index contributed by atoms with van der Waals surface area (Å²) in [6.07, 6.45) is 3.87. The SMILES string of the molecule is Cn1cc(C(=O)N2CCCC(c3ccc(C(=O)O)cc3)C2)c2ccccc21. The van der Waals surface area contributed by atoms with Crippen molar-refractivity contribution in [3.05, 3.63) is 71.4 Å². The van der Waals surface area contributed by atoms with Gasteiger partial charge in [-0.25, -0.2) is 4.79 Å². The summed E-state index contributed by atoms with van der Waals surface area (Å²) in [6, 6.07) is 15.0. The Kier molecular flexibility index (Phi) is 4.44. The molecule has 1 fully saturated rings. The van der Waals surface area contributed by atoms with Crippen molar-refractivity contribution < 1.29 is 14.7 Å². The summed E-state index contributed by atoms with van der Waals surface area (Å²) in [4.78, 5) is 26.2. The van der Waals surface area contributed by atoms with Gasteiger partial charge in [-0.05, 0) is 36.6 Å². The number of aromatic carboxylic acids is 1. The van der Waals surface area contributed by atoms with Crippen LogP contribution in [-0.2, 0) is 7.05 Å². The van der Waals surface area contributed by atoms with Crippen molar-refractivity contribution in [3.63, 3.8) is 0 Å². The summed E-state index contributed by atoms with van der Waals surface area (Å²) in [5.41, 5.74) is 3.18. The standard InChI is InChI=1S/C22H22N2O3/c1-23-14-19(18-6-2-3-7-20(18)23)21(25)24-12-4-5-17(13-24)15-8-10-16(11-9-15)22(26)27/h2-3,6-11,14,17H,4-5,12-13H2,1H3,(H,26,27). The first kappa shape index (κ1) is 17.3. The van der Waals surface area contributed by atoms with Crippen molar-refractivity contribution in [2.75, 3.05) is 13.1 Å². The number of para-hydroxylation sites is 1. The fraction of sp³-hybridized carbons (Fsp3) is 0.273. The van der Waals surface area contributed by atoms with Crippen molar-refractivity contribution >= 4 is 22.8 Å². The molecular formula is C22H22N2O3. The molecule has 1 unspecified atom stereocenters. The molecule has 5 heteroatoms. The highest BCUT2D eigenvalue weighted by Gasteiger charge is 2.27. The van der Waals surface area contributed by atoms with Crippen LogP contribution in [0.2, 0.25) is 0 Å². The van der Waals surface area contributed by atoms with Crippen LogP contribution in [0.25, 0.3) is 10.9 Å². The molecule has 3 aromatic rings. The average Bonchev–Trinajstić information content (AvgIpc) is 3.04. The summed E-state index contributed by atoms with van der Waals surface area (Å²) in [5, 5.41) is 10.0. The first-order chi connectivity index (χ1) is 13.0. The average molecular weight is 362 g/mol. The Morgan fingerprint density at radius 1 is 1.07 bits per heavy atom. The minimum atomic E-state index is -0.919. The molecule has 0 aliphatic carbocycles. The first-order valence-electron chi connectivity index (χ1n) is 9.21. The van der Waals surface area contributed by atoms with E-state index >= 15 is 0 Å². The Morgan fingerprint density at radius 3 is 2.56 bits per heavy atom. The Bertz CT molecular complexity index is 1000. The zero-order valence-electron chi connectivity index (χ0n) is 15.3. The number of carboxylic acid groups (broad SMARTS) is 1. The van der Waals surface area contributed by atoms with Crippen molar-refractivity contribution in [2.45, 2.75) is 18.8 Å². The Balaban J connectivity index is 1.57. The van der Waals surface area contributed by atoms with Crippen LogP contribution in [-0.4, -0.2) is 39.5 Å². The highest BCUT2D eigenvalue weighted by molar-refractivity contribution is 6.07. The number of aryl methyl sites for hydroxylation is 1. The van der Waals surface area contributed by atoms with E-state index in [1.54, 1.807) is 12.1 Å². The predicted molar refractivity (Wildman–Crippen MR) is 104 cm³/mol. The molecule has 4 rings (SSSR count). The van der Waals surface area contributed by atoms with Crippen molar-refractivity contribution in [1.29, 1.82) is 0 Å². The molecule has 27 heavy (non-hydrogen) atoms. The minimum absolute atomic E-state index is 0.0682. The molecule has 1 aromatic heterocycles. The normalized spacial score (nSPS) is 17.2. The molecule has 0 spiro atoms. The fourth-order valence-corrected chi connectivity index (χ4v) is 4.01. The maximum absolute atomic E-state index is 13.2. The lowest BCUT2D eigenvalue weighted by molar-refractivity contribution is 0.0694. The predicted octanol–water partition coefficient (Wildman–Crippen LogP) is 3.90. The largest absolute Gasteiger partial charge is 0.478 e. The number of aromatic nitrogens is 1. The maximum Gasteiger partial charge on any atom is 0.335 e. The summed E-state index contributed by atoms with van der Waals surface area (Å²) in [7, 11) is 1.96. The monoisotopic (exact) mass is 362 g/mol. The Morgan fingerprint density at radius 2 is 1.81 bits per heavy atom. The van der Waals surface area contributed by atoms with E-state index < -0.39 is 5.97 Å². The topological polar surface area (TPSA) is 62.5 Å². The molecule has 138 valence electrons. The third-order valence-electron chi connectivity index (χ3n) is 5.47. The maximum atomic E-state index is 13.2.